The number of carbonyl (C=O) groups excluding carboxylic acids is 1. The summed E-state index contributed by atoms with van der Waals surface area (Å²) in [4.78, 5) is 12.2. The molecule has 2 aromatic carbocycles. The highest BCUT2D eigenvalue weighted by Gasteiger charge is 2.26. The number of amides is 1. The summed E-state index contributed by atoms with van der Waals surface area (Å²) in [6.45, 7) is 2.38. The molecule has 2 N–H and O–H groups in total. The van der Waals surface area contributed by atoms with Crippen LogP contribution in [0.5, 0.6) is 23.0 Å². The number of phenolic OH excluding ortho intramolecular Hbond substituents is 1. The summed E-state index contributed by atoms with van der Waals surface area (Å²) in [6.07, 6.45) is 0.695. The van der Waals surface area contributed by atoms with Crippen molar-refractivity contribution in [3.8, 4) is 23.0 Å². The van der Waals surface area contributed by atoms with Crippen LogP contribution in [0.25, 0.3) is 0 Å². The van der Waals surface area contributed by atoms with E-state index in [4.69, 9.17) is 14.2 Å². The van der Waals surface area contributed by atoms with Gasteiger partial charge >= 0.3 is 0 Å². The summed E-state index contributed by atoms with van der Waals surface area (Å²) in [5.41, 5.74) is 3.12. The molecule has 1 heterocycles. The number of rotatable bonds is 5. The summed E-state index contributed by atoms with van der Waals surface area (Å²) in [7, 11) is 0. The van der Waals surface area contributed by atoms with Crippen molar-refractivity contribution >= 4 is 34.7 Å². The van der Waals surface area contributed by atoms with Gasteiger partial charge < -0.3 is 19.3 Å². The minimum atomic E-state index is -0.777. The minimum absolute atomic E-state index is 0.0834. The number of hydrogen-bond donors (Lipinski definition) is 2. The van der Waals surface area contributed by atoms with Gasteiger partial charge in [0.1, 0.15) is 6.61 Å². The molecule has 0 bridgehead atoms. The van der Waals surface area contributed by atoms with E-state index < -0.39 is 12.0 Å². The SMILES string of the molecule is CCOc1cc(/C=N/NC(=O)[C@H]2COc3ccccc3O2)cc(I)c1O. The summed E-state index contributed by atoms with van der Waals surface area (Å²) in [6, 6.07) is 10.5. The van der Waals surface area contributed by atoms with Crippen LogP contribution in [0.2, 0.25) is 0 Å². The second-order valence-electron chi connectivity index (χ2n) is 5.38. The van der Waals surface area contributed by atoms with Crippen molar-refractivity contribution in [1.82, 2.24) is 5.43 Å². The maximum absolute atomic E-state index is 12.2. The lowest BCUT2D eigenvalue weighted by molar-refractivity contribution is -0.130. The maximum atomic E-state index is 12.2. The molecule has 0 unspecified atom stereocenters. The van der Waals surface area contributed by atoms with E-state index in [-0.39, 0.29) is 12.4 Å². The number of carbonyl (C=O) groups is 1. The number of phenols is 1. The summed E-state index contributed by atoms with van der Waals surface area (Å²) < 4.78 is 17.1. The number of nitrogens with one attached hydrogen (secondary N) is 1. The molecule has 7 nitrogen and oxygen atoms in total. The van der Waals surface area contributed by atoms with Crippen molar-refractivity contribution in [1.29, 1.82) is 0 Å². The lowest BCUT2D eigenvalue weighted by Gasteiger charge is -2.24. The van der Waals surface area contributed by atoms with Gasteiger partial charge in [0.2, 0.25) is 6.10 Å². The summed E-state index contributed by atoms with van der Waals surface area (Å²) in [5, 5.41) is 13.9. The first-order valence-corrected chi connectivity index (χ1v) is 9.03. The van der Waals surface area contributed by atoms with Gasteiger partial charge in [-0.3, -0.25) is 4.79 Å². The molecule has 2 aromatic rings. The quantitative estimate of drug-likeness (QED) is 0.400. The van der Waals surface area contributed by atoms with Crippen LogP contribution >= 0.6 is 22.6 Å². The fraction of sp³-hybridized carbons (Fsp3) is 0.222. The average molecular weight is 468 g/mol. The largest absolute Gasteiger partial charge is 0.504 e. The first-order chi connectivity index (χ1) is 12.6. The smallest absolute Gasteiger partial charge is 0.284 e. The van der Waals surface area contributed by atoms with Crippen LogP contribution in [-0.4, -0.2) is 36.5 Å². The van der Waals surface area contributed by atoms with E-state index in [1.54, 1.807) is 24.3 Å². The van der Waals surface area contributed by atoms with E-state index in [9.17, 15) is 9.90 Å². The molecule has 0 aromatic heterocycles. The Morgan fingerprint density at radius 2 is 2.19 bits per heavy atom. The Morgan fingerprint density at radius 1 is 1.42 bits per heavy atom. The van der Waals surface area contributed by atoms with Crippen molar-refractivity contribution in [2.45, 2.75) is 13.0 Å². The molecule has 0 saturated heterocycles. The van der Waals surface area contributed by atoms with Crippen LogP contribution in [0.15, 0.2) is 41.5 Å². The molecule has 1 aliphatic rings. The molecule has 0 saturated carbocycles. The van der Waals surface area contributed by atoms with Gasteiger partial charge in [-0.25, -0.2) is 5.43 Å². The van der Waals surface area contributed by atoms with Gasteiger partial charge in [0.15, 0.2) is 23.0 Å². The Morgan fingerprint density at radius 3 is 2.96 bits per heavy atom. The van der Waals surface area contributed by atoms with Crippen LogP contribution in [0.4, 0.5) is 0 Å². The van der Waals surface area contributed by atoms with Gasteiger partial charge in [0, 0.05) is 0 Å². The zero-order valence-corrected chi connectivity index (χ0v) is 16.1. The van der Waals surface area contributed by atoms with Crippen molar-refractivity contribution in [2.24, 2.45) is 5.10 Å². The van der Waals surface area contributed by atoms with Gasteiger partial charge in [-0.1, -0.05) is 12.1 Å². The third kappa shape index (κ3) is 4.18. The maximum Gasteiger partial charge on any atom is 0.284 e. The van der Waals surface area contributed by atoms with Crippen molar-refractivity contribution in [3.05, 3.63) is 45.5 Å². The molecule has 8 heteroatoms. The van der Waals surface area contributed by atoms with Crippen molar-refractivity contribution in [2.75, 3.05) is 13.2 Å². The molecule has 0 aliphatic carbocycles. The monoisotopic (exact) mass is 468 g/mol. The second-order valence-corrected chi connectivity index (χ2v) is 6.54. The van der Waals surface area contributed by atoms with Gasteiger partial charge in [0.05, 0.1) is 16.4 Å². The third-order valence-corrected chi connectivity index (χ3v) is 4.36. The molecule has 1 aliphatic heterocycles. The highest BCUT2D eigenvalue weighted by molar-refractivity contribution is 14.1. The lowest BCUT2D eigenvalue weighted by atomic mass is 10.2. The number of benzene rings is 2. The molecule has 26 heavy (non-hydrogen) atoms. The number of fused-ring (bicyclic) bond motifs is 1. The lowest BCUT2D eigenvalue weighted by Crippen LogP contribution is -2.42. The molecule has 0 spiro atoms. The standard InChI is InChI=1S/C18H17IN2O5/c1-2-24-15-8-11(7-12(19)17(15)22)9-20-21-18(23)16-10-25-13-5-3-4-6-14(13)26-16/h3-9,16,22H,2,10H2,1H3,(H,21,23)/b20-9+/t16-/m1/s1. The zero-order valence-electron chi connectivity index (χ0n) is 13.9. The van der Waals surface area contributed by atoms with E-state index in [1.165, 1.54) is 6.21 Å². The van der Waals surface area contributed by atoms with E-state index in [0.29, 0.717) is 33.0 Å². The van der Waals surface area contributed by atoms with E-state index in [1.807, 2.05) is 41.6 Å². The molecular formula is C18H17IN2O5. The van der Waals surface area contributed by atoms with E-state index in [2.05, 4.69) is 10.5 Å². The van der Waals surface area contributed by atoms with Crippen LogP contribution in [0.3, 0.4) is 0 Å². The number of nitrogens with zero attached hydrogens (tertiary/aromatic N) is 1. The van der Waals surface area contributed by atoms with Gasteiger partial charge in [0.25, 0.3) is 5.91 Å². The first kappa shape index (κ1) is 18.3. The highest BCUT2D eigenvalue weighted by atomic mass is 127. The Bertz CT molecular complexity index is 840. The van der Waals surface area contributed by atoms with E-state index >= 15 is 0 Å². The molecule has 136 valence electrons. The Kier molecular flexibility index (Phi) is 5.82. The molecular weight excluding hydrogens is 451 g/mol. The molecule has 3 rings (SSSR count). The van der Waals surface area contributed by atoms with Crippen LogP contribution in [0.1, 0.15) is 12.5 Å². The predicted molar refractivity (Wildman–Crippen MR) is 104 cm³/mol. The summed E-state index contributed by atoms with van der Waals surface area (Å²) >= 11 is 2.00. The fourth-order valence-electron chi connectivity index (χ4n) is 2.33. The van der Waals surface area contributed by atoms with Crippen LogP contribution < -0.4 is 19.6 Å². The number of ether oxygens (including phenoxy) is 3. The number of hydrogen-bond acceptors (Lipinski definition) is 6. The number of aromatic hydroxyl groups is 1. The predicted octanol–water partition coefficient (Wildman–Crippen LogP) is 2.69. The summed E-state index contributed by atoms with van der Waals surface area (Å²) in [5.74, 6) is 1.18. The Balaban J connectivity index is 1.63. The molecule has 1 atom stereocenters. The Labute approximate surface area is 164 Å². The van der Waals surface area contributed by atoms with Gasteiger partial charge in [-0.15, -0.1) is 0 Å². The molecule has 1 amide bonds. The second kappa shape index (κ2) is 8.26. The Hall–Kier alpha value is -2.49. The highest BCUT2D eigenvalue weighted by Crippen LogP contribution is 2.32. The van der Waals surface area contributed by atoms with Crippen LogP contribution in [-0.2, 0) is 4.79 Å². The van der Waals surface area contributed by atoms with E-state index in [0.717, 1.165) is 0 Å². The molecule has 0 radical (unpaired) electrons. The number of hydrazone groups is 1. The van der Waals surface area contributed by atoms with Crippen molar-refractivity contribution < 1.29 is 24.1 Å². The van der Waals surface area contributed by atoms with Gasteiger partial charge in [-0.05, 0) is 59.3 Å². The fourth-order valence-corrected chi connectivity index (χ4v) is 2.95. The third-order valence-electron chi connectivity index (χ3n) is 3.54. The topological polar surface area (TPSA) is 89.4 Å². The normalized spacial score (nSPS) is 15.7. The van der Waals surface area contributed by atoms with Crippen LogP contribution in [0, 0.1) is 3.57 Å². The number of halogens is 1. The minimum Gasteiger partial charge on any atom is -0.504 e. The van der Waals surface area contributed by atoms with Crippen molar-refractivity contribution in [3.63, 3.8) is 0 Å². The zero-order chi connectivity index (χ0) is 18.5. The average Bonchev–Trinajstić information content (AvgIpc) is 2.65. The number of para-hydroxylation sites is 2. The first-order valence-electron chi connectivity index (χ1n) is 7.95. The molecule has 0 fully saturated rings. The van der Waals surface area contributed by atoms with Gasteiger partial charge in [-0.2, -0.15) is 5.10 Å².